The van der Waals surface area contributed by atoms with Crippen molar-refractivity contribution in [2.75, 3.05) is 4.90 Å². The Morgan fingerprint density at radius 2 is 2.11 bits per heavy atom. The van der Waals surface area contributed by atoms with Gasteiger partial charge in [-0.3, -0.25) is 19.8 Å². The van der Waals surface area contributed by atoms with Crippen LogP contribution in [-0.4, -0.2) is 21.8 Å². The van der Waals surface area contributed by atoms with Gasteiger partial charge in [-0.25, -0.2) is 9.78 Å². The van der Waals surface area contributed by atoms with E-state index < -0.39 is 10.9 Å². The molecule has 28 heavy (non-hydrogen) atoms. The van der Waals surface area contributed by atoms with Gasteiger partial charge in [-0.05, 0) is 24.3 Å². The Morgan fingerprint density at radius 1 is 1.32 bits per heavy atom. The Morgan fingerprint density at radius 3 is 2.75 bits per heavy atom. The molecule has 0 fully saturated rings. The number of esters is 1. The minimum absolute atomic E-state index is 0.123. The third kappa shape index (κ3) is 4.53. The van der Waals surface area contributed by atoms with Gasteiger partial charge in [0.1, 0.15) is 11.5 Å². The molecule has 0 atom stereocenters. The summed E-state index contributed by atoms with van der Waals surface area (Å²) in [5, 5.41) is 13.1. The molecule has 0 aliphatic rings. The zero-order valence-electron chi connectivity index (χ0n) is 14.3. The number of carbonyl (C=O) groups is 2. The Bertz CT molecular complexity index is 1050. The van der Waals surface area contributed by atoms with Gasteiger partial charge in [-0.15, -0.1) is 11.3 Å². The van der Waals surface area contributed by atoms with Crippen LogP contribution in [0.4, 0.5) is 15.8 Å². The molecule has 0 spiro atoms. The maximum atomic E-state index is 12.1. The number of halogens is 1. The molecule has 0 saturated heterocycles. The standard InChI is InChI=1S/C17H12ClN3O5S2/c1-10(22)20(13-4-2-3-11(18)7-13)17-19-12(9-27-17)8-26-16(23)14-5-6-15(28-14)21(24)25/h2-7,9H,8H2,1H3. The van der Waals surface area contributed by atoms with Crippen LogP contribution in [0.3, 0.4) is 0 Å². The molecule has 0 N–H and O–H groups in total. The zero-order valence-corrected chi connectivity index (χ0v) is 16.7. The van der Waals surface area contributed by atoms with Crippen LogP contribution in [0.1, 0.15) is 22.3 Å². The minimum Gasteiger partial charge on any atom is -0.455 e. The maximum Gasteiger partial charge on any atom is 0.348 e. The third-order valence-electron chi connectivity index (χ3n) is 3.44. The Hall–Kier alpha value is -2.82. The molecule has 0 aliphatic heterocycles. The number of anilines is 2. The van der Waals surface area contributed by atoms with E-state index in [0.29, 0.717) is 21.5 Å². The van der Waals surface area contributed by atoms with Crippen LogP contribution in [0, 0.1) is 10.1 Å². The van der Waals surface area contributed by atoms with E-state index in [4.69, 9.17) is 16.3 Å². The number of nitrogens with zero attached hydrogens (tertiary/aromatic N) is 3. The number of hydrogen-bond acceptors (Lipinski definition) is 8. The van der Waals surface area contributed by atoms with E-state index in [0.717, 1.165) is 11.3 Å². The van der Waals surface area contributed by atoms with E-state index in [1.807, 2.05) is 0 Å². The SMILES string of the molecule is CC(=O)N(c1cccc(Cl)c1)c1nc(COC(=O)c2ccc([N+](=O)[O-])s2)cs1. The summed E-state index contributed by atoms with van der Waals surface area (Å²) in [6.07, 6.45) is 0. The van der Waals surface area contributed by atoms with Crippen molar-refractivity contribution >= 4 is 62.0 Å². The Kier molecular flexibility index (Phi) is 6.02. The molecule has 8 nitrogen and oxygen atoms in total. The summed E-state index contributed by atoms with van der Waals surface area (Å²) < 4.78 is 5.15. The first kappa shape index (κ1) is 19.9. The van der Waals surface area contributed by atoms with Gasteiger partial charge in [0.2, 0.25) is 5.91 Å². The summed E-state index contributed by atoms with van der Waals surface area (Å²) in [6.45, 7) is 1.29. The van der Waals surface area contributed by atoms with E-state index in [2.05, 4.69) is 4.98 Å². The molecule has 1 amide bonds. The second-order valence-corrected chi connectivity index (χ2v) is 7.76. The van der Waals surface area contributed by atoms with Crippen molar-refractivity contribution in [2.45, 2.75) is 13.5 Å². The van der Waals surface area contributed by atoms with E-state index in [1.54, 1.807) is 29.6 Å². The van der Waals surface area contributed by atoms with Crippen molar-refractivity contribution in [2.24, 2.45) is 0 Å². The predicted molar refractivity (Wildman–Crippen MR) is 106 cm³/mol. The van der Waals surface area contributed by atoms with Gasteiger partial charge < -0.3 is 4.74 Å². The van der Waals surface area contributed by atoms with Gasteiger partial charge in [0.05, 0.1) is 16.3 Å². The highest BCUT2D eigenvalue weighted by atomic mass is 35.5. The highest BCUT2D eigenvalue weighted by molar-refractivity contribution is 7.17. The number of thiophene rings is 1. The van der Waals surface area contributed by atoms with Crippen LogP contribution < -0.4 is 4.90 Å². The number of aromatic nitrogens is 1. The lowest BCUT2D eigenvalue weighted by atomic mass is 10.3. The average Bonchev–Trinajstić information content (AvgIpc) is 3.29. The maximum absolute atomic E-state index is 12.1. The van der Waals surface area contributed by atoms with E-state index in [-0.39, 0.29) is 22.4 Å². The van der Waals surface area contributed by atoms with Crippen molar-refractivity contribution in [3.8, 4) is 0 Å². The number of benzene rings is 1. The summed E-state index contributed by atoms with van der Waals surface area (Å²) in [4.78, 5) is 40.1. The molecular formula is C17H12ClN3O5S2. The number of hydrogen-bond donors (Lipinski definition) is 0. The van der Waals surface area contributed by atoms with Gasteiger partial charge in [0.15, 0.2) is 5.13 Å². The Balaban J connectivity index is 1.71. The van der Waals surface area contributed by atoms with E-state index in [1.165, 1.54) is 35.3 Å². The van der Waals surface area contributed by atoms with Crippen LogP contribution in [0.25, 0.3) is 0 Å². The molecule has 0 radical (unpaired) electrons. The Labute approximate surface area is 172 Å². The lowest BCUT2D eigenvalue weighted by Gasteiger charge is -2.18. The summed E-state index contributed by atoms with van der Waals surface area (Å²) in [5.74, 6) is -0.919. The van der Waals surface area contributed by atoms with Crippen molar-refractivity contribution in [3.63, 3.8) is 0 Å². The van der Waals surface area contributed by atoms with Gasteiger partial charge >= 0.3 is 11.0 Å². The number of amides is 1. The van der Waals surface area contributed by atoms with E-state index >= 15 is 0 Å². The molecule has 0 unspecified atom stereocenters. The molecule has 2 heterocycles. The molecule has 2 aromatic heterocycles. The summed E-state index contributed by atoms with van der Waals surface area (Å²) in [6, 6.07) is 9.40. The molecule has 11 heteroatoms. The van der Waals surface area contributed by atoms with Gasteiger partial charge in [0.25, 0.3) is 0 Å². The van der Waals surface area contributed by atoms with Crippen molar-refractivity contribution in [1.82, 2.24) is 4.98 Å². The summed E-state index contributed by atoms with van der Waals surface area (Å²) in [7, 11) is 0. The molecule has 1 aromatic carbocycles. The lowest BCUT2D eigenvalue weighted by molar-refractivity contribution is -0.380. The van der Waals surface area contributed by atoms with Crippen LogP contribution in [0.15, 0.2) is 41.8 Å². The quantitative estimate of drug-likeness (QED) is 0.311. The fourth-order valence-corrected chi connectivity index (χ4v) is 4.02. The normalized spacial score (nSPS) is 10.5. The fourth-order valence-electron chi connectivity index (χ4n) is 2.25. The monoisotopic (exact) mass is 437 g/mol. The second kappa shape index (κ2) is 8.46. The van der Waals surface area contributed by atoms with Crippen LogP contribution in [0.5, 0.6) is 0 Å². The predicted octanol–water partition coefficient (Wildman–Crippen LogP) is 4.81. The van der Waals surface area contributed by atoms with E-state index in [9.17, 15) is 19.7 Å². The van der Waals surface area contributed by atoms with Gasteiger partial charge in [0, 0.05) is 23.4 Å². The zero-order chi connectivity index (χ0) is 20.3. The summed E-state index contributed by atoms with van der Waals surface area (Å²) >= 11 is 7.95. The number of thiazole rings is 1. The summed E-state index contributed by atoms with van der Waals surface area (Å²) in [5.41, 5.74) is 1.02. The molecule has 144 valence electrons. The molecule has 0 saturated carbocycles. The fraction of sp³-hybridized carbons (Fsp3) is 0.118. The third-order valence-corrected chi connectivity index (χ3v) is 5.56. The molecule has 0 aliphatic carbocycles. The highest BCUT2D eigenvalue weighted by Crippen LogP contribution is 2.31. The first-order chi connectivity index (χ1) is 13.3. The van der Waals surface area contributed by atoms with Crippen molar-refractivity contribution < 1.29 is 19.2 Å². The molecular weight excluding hydrogens is 426 g/mol. The molecule has 3 rings (SSSR count). The first-order valence-electron chi connectivity index (χ1n) is 7.77. The molecule has 3 aromatic rings. The minimum atomic E-state index is -0.675. The number of nitro groups is 1. The number of carbonyl (C=O) groups excluding carboxylic acids is 2. The van der Waals surface area contributed by atoms with Crippen LogP contribution in [-0.2, 0) is 16.1 Å². The van der Waals surface area contributed by atoms with Crippen molar-refractivity contribution in [1.29, 1.82) is 0 Å². The average molecular weight is 438 g/mol. The largest absolute Gasteiger partial charge is 0.455 e. The highest BCUT2D eigenvalue weighted by Gasteiger charge is 2.20. The topological polar surface area (TPSA) is 103 Å². The van der Waals surface area contributed by atoms with Crippen LogP contribution in [0.2, 0.25) is 5.02 Å². The van der Waals surface area contributed by atoms with Crippen LogP contribution >= 0.6 is 34.3 Å². The van der Waals surface area contributed by atoms with Crippen molar-refractivity contribution in [3.05, 3.63) is 67.5 Å². The first-order valence-corrected chi connectivity index (χ1v) is 9.84. The smallest absolute Gasteiger partial charge is 0.348 e. The lowest BCUT2D eigenvalue weighted by Crippen LogP contribution is -2.22. The van der Waals surface area contributed by atoms with Gasteiger partial charge in [-0.1, -0.05) is 29.0 Å². The number of ether oxygens (including phenoxy) is 1. The van der Waals surface area contributed by atoms with Gasteiger partial charge in [-0.2, -0.15) is 0 Å². The second-order valence-electron chi connectivity index (χ2n) is 5.43. The number of rotatable bonds is 6. The molecule has 0 bridgehead atoms.